The molecule has 1 aromatic carbocycles. The monoisotopic (exact) mass is 325 g/mol. The molecular formula is C18H19N3O3. The summed E-state index contributed by atoms with van der Waals surface area (Å²) in [5.74, 6) is -0.402. The Balaban J connectivity index is 2.22. The van der Waals surface area contributed by atoms with Gasteiger partial charge in [-0.05, 0) is 38.1 Å². The lowest BCUT2D eigenvalue weighted by Crippen LogP contribution is -2.13. The highest BCUT2D eigenvalue weighted by molar-refractivity contribution is 5.92. The van der Waals surface area contributed by atoms with Crippen molar-refractivity contribution in [3.63, 3.8) is 0 Å². The van der Waals surface area contributed by atoms with Crippen molar-refractivity contribution >= 4 is 16.9 Å². The van der Waals surface area contributed by atoms with E-state index in [0.717, 1.165) is 16.6 Å². The normalized spacial score (nSPS) is 12.3. The van der Waals surface area contributed by atoms with Gasteiger partial charge >= 0.3 is 5.97 Å². The van der Waals surface area contributed by atoms with Crippen molar-refractivity contribution in [1.82, 2.24) is 14.8 Å². The summed E-state index contributed by atoms with van der Waals surface area (Å²) < 4.78 is 12.3. The first-order chi connectivity index (χ1) is 11.7. The van der Waals surface area contributed by atoms with Crippen LogP contribution >= 0.6 is 0 Å². The van der Waals surface area contributed by atoms with Crippen LogP contribution in [0.1, 0.15) is 36.0 Å². The standard InChI is InChI=1S/C18H19N3O3/c1-4-24-18(22)14-11-20-21(17(14)12(2)23-3)16-9-5-8-15-13(16)7-6-10-19-15/h5-12H,4H2,1-3H3. The summed E-state index contributed by atoms with van der Waals surface area (Å²) >= 11 is 0. The number of methoxy groups -OCH3 is 1. The fraction of sp³-hybridized carbons (Fsp3) is 0.278. The van der Waals surface area contributed by atoms with E-state index in [1.807, 2.05) is 37.3 Å². The molecule has 0 saturated heterocycles. The fourth-order valence-electron chi connectivity index (χ4n) is 2.69. The maximum Gasteiger partial charge on any atom is 0.341 e. The number of fused-ring (bicyclic) bond motifs is 1. The Morgan fingerprint density at radius 2 is 2.12 bits per heavy atom. The zero-order chi connectivity index (χ0) is 17.1. The molecule has 0 saturated carbocycles. The van der Waals surface area contributed by atoms with Crippen molar-refractivity contribution in [2.75, 3.05) is 13.7 Å². The molecule has 1 unspecified atom stereocenters. The van der Waals surface area contributed by atoms with Gasteiger partial charge in [-0.2, -0.15) is 5.10 Å². The van der Waals surface area contributed by atoms with Crippen LogP contribution in [0.2, 0.25) is 0 Å². The van der Waals surface area contributed by atoms with E-state index in [0.29, 0.717) is 17.9 Å². The highest BCUT2D eigenvalue weighted by Gasteiger charge is 2.24. The van der Waals surface area contributed by atoms with Crippen molar-refractivity contribution < 1.29 is 14.3 Å². The summed E-state index contributed by atoms with van der Waals surface area (Å²) in [6.45, 7) is 3.96. The van der Waals surface area contributed by atoms with Crippen LogP contribution in [0, 0.1) is 0 Å². The number of carbonyl (C=O) groups is 1. The molecule has 0 N–H and O–H groups in total. The van der Waals surface area contributed by atoms with Gasteiger partial charge in [0, 0.05) is 18.7 Å². The summed E-state index contributed by atoms with van der Waals surface area (Å²) in [5, 5.41) is 5.36. The number of nitrogens with zero attached hydrogens (tertiary/aromatic N) is 3. The van der Waals surface area contributed by atoms with E-state index in [4.69, 9.17) is 9.47 Å². The van der Waals surface area contributed by atoms with Crippen LogP contribution < -0.4 is 0 Å². The molecule has 0 radical (unpaired) electrons. The number of hydrogen-bond acceptors (Lipinski definition) is 5. The third-order valence-corrected chi connectivity index (χ3v) is 3.89. The third kappa shape index (κ3) is 2.76. The van der Waals surface area contributed by atoms with E-state index >= 15 is 0 Å². The highest BCUT2D eigenvalue weighted by Crippen LogP contribution is 2.28. The number of rotatable bonds is 5. The maximum absolute atomic E-state index is 12.3. The molecular weight excluding hydrogens is 306 g/mol. The van der Waals surface area contributed by atoms with E-state index in [1.54, 1.807) is 24.9 Å². The summed E-state index contributed by atoms with van der Waals surface area (Å²) in [6, 6.07) is 9.65. The Morgan fingerprint density at radius 1 is 1.29 bits per heavy atom. The molecule has 0 bridgehead atoms. The zero-order valence-electron chi connectivity index (χ0n) is 13.9. The number of benzene rings is 1. The van der Waals surface area contributed by atoms with Gasteiger partial charge in [-0.15, -0.1) is 0 Å². The van der Waals surface area contributed by atoms with Gasteiger partial charge in [-0.25, -0.2) is 9.48 Å². The zero-order valence-corrected chi connectivity index (χ0v) is 13.9. The van der Waals surface area contributed by atoms with Crippen LogP contribution in [0.15, 0.2) is 42.7 Å². The second kappa shape index (κ2) is 6.80. The Morgan fingerprint density at radius 3 is 2.88 bits per heavy atom. The second-order valence-corrected chi connectivity index (χ2v) is 5.30. The number of pyridine rings is 1. The van der Waals surface area contributed by atoms with Crippen LogP contribution in [0.25, 0.3) is 16.6 Å². The summed E-state index contributed by atoms with van der Waals surface area (Å²) in [7, 11) is 1.60. The maximum atomic E-state index is 12.3. The minimum Gasteiger partial charge on any atom is -0.462 e. The van der Waals surface area contributed by atoms with Gasteiger partial charge in [0.15, 0.2) is 0 Å². The lowest BCUT2D eigenvalue weighted by molar-refractivity contribution is 0.0514. The number of ether oxygens (including phenoxy) is 2. The molecule has 24 heavy (non-hydrogen) atoms. The van der Waals surface area contributed by atoms with Crippen molar-refractivity contribution in [1.29, 1.82) is 0 Å². The van der Waals surface area contributed by atoms with E-state index in [-0.39, 0.29) is 6.10 Å². The Kier molecular flexibility index (Phi) is 4.57. The average molecular weight is 325 g/mol. The Bertz CT molecular complexity index is 868. The van der Waals surface area contributed by atoms with Crippen molar-refractivity contribution in [3.8, 4) is 5.69 Å². The molecule has 0 aliphatic heterocycles. The summed E-state index contributed by atoms with van der Waals surface area (Å²) in [4.78, 5) is 16.6. The van der Waals surface area contributed by atoms with Crippen molar-refractivity contribution in [2.45, 2.75) is 20.0 Å². The van der Waals surface area contributed by atoms with Gasteiger partial charge in [0.2, 0.25) is 0 Å². The van der Waals surface area contributed by atoms with E-state index < -0.39 is 5.97 Å². The minimum absolute atomic E-state index is 0.309. The molecule has 3 aromatic rings. The quantitative estimate of drug-likeness (QED) is 0.673. The molecule has 2 heterocycles. The van der Waals surface area contributed by atoms with Crippen LogP contribution in [0.4, 0.5) is 0 Å². The Labute approximate surface area is 140 Å². The Hall–Kier alpha value is -2.73. The van der Waals surface area contributed by atoms with Gasteiger partial charge in [0.25, 0.3) is 0 Å². The van der Waals surface area contributed by atoms with Gasteiger partial charge < -0.3 is 9.47 Å². The molecule has 0 aliphatic carbocycles. The van der Waals surface area contributed by atoms with E-state index in [2.05, 4.69) is 10.1 Å². The molecule has 0 aliphatic rings. The molecule has 0 spiro atoms. The van der Waals surface area contributed by atoms with Gasteiger partial charge in [-0.3, -0.25) is 4.98 Å². The van der Waals surface area contributed by atoms with Crippen molar-refractivity contribution in [2.24, 2.45) is 0 Å². The second-order valence-electron chi connectivity index (χ2n) is 5.30. The molecule has 6 heteroatoms. The fourth-order valence-corrected chi connectivity index (χ4v) is 2.69. The molecule has 1 atom stereocenters. The first-order valence-electron chi connectivity index (χ1n) is 7.79. The van der Waals surface area contributed by atoms with Crippen LogP contribution in [0.3, 0.4) is 0 Å². The SMILES string of the molecule is CCOC(=O)c1cnn(-c2cccc3ncccc23)c1C(C)OC. The number of carbonyl (C=O) groups excluding carboxylic acids is 1. The molecule has 2 aromatic heterocycles. The average Bonchev–Trinajstić information content (AvgIpc) is 3.05. The molecule has 124 valence electrons. The highest BCUT2D eigenvalue weighted by atomic mass is 16.5. The molecule has 6 nitrogen and oxygen atoms in total. The van der Waals surface area contributed by atoms with Crippen LogP contribution in [0.5, 0.6) is 0 Å². The number of aromatic nitrogens is 3. The molecule has 3 rings (SSSR count). The lowest BCUT2D eigenvalue weighted by Gasteiger charge is -2.16. The van der Waals surface area contributed by atoms with Crippen LogP contribution in [-0.2, 0) is 9.47 Å². The lowest BCUT2D eigenvalue weighted by atomic mass is 10.1. The molecule has 0 fully saturated rings. The predicted molar refractivity (Wildman–Crippen MR) is 90.2 cm³/mol. The van der Waals surface area contributed by atoms with E-state index in [9.17, 15) is 4.79 Å². The van der Waals surface area contributed by atoms with E-state index in [1.165, 1.54) is 6.20 Å². The number of esters is 1. The topological polar surface area (TPSA) is 66.2 Å². The predicted octanol–water partition coefficient (Wildman–Crippen LogP) is 3.30. The van der Waals surface area contributed by atoms with Crippen molar-refractivity contribution in [3.05, 3.63) is 54.0 Å². The minimum atomic E-state index is -0.402. The first kappa shape index (κ1) is 16.1. The molecule has 0 amide bonds. The largest absolute Gasteiger partial charge is 0.462 e. The first-order valence-corrected chi connectivity index (χ1v) is 7.79. The number of hydrogen-bond donors (Lipinski definition) is 0. The van der Waals surface area contributed by atoms with Crippen LogP contribution in [-0.4, -0.2) is 34.5 Å². The van der Waals surface area contributed by atoms with Gasteiger partial charge in [0.05, 0.1) is 35.8 Å². The third-order valence-electron chi connectivity index (χ3n) is 3.89. The summed E-state index contributed by atoms with van der Waals surface area (Å²) in [5.41, 5.74) is 2.77. The van der Waals surface area contributed by atoms with Gasteiger partial charge in [0.1, 0.15) is 5.56 Å². The van der Waals surface area contributed by atoms with Gasteiger partial charge in [-0.1, -0.05) is 6.07 Å². The smallest absolute Gasteiger partial charge is 0.341 e. The summed E-state index contributed by atoms with van der Waals surface area (Å²) in [6.07, 6.45) is 2.95.